The highest BCUT2D eigenvalue weighted by Gasteiger charge is 2.43. The van der Waals surface area contributed by atoms with Crippen molar-refractivity contribution in [3.8, 4) is 45.2 Å². The van der Waals surface area contributed by atoms with Crippen molar-refractivity contribution in [1.82, 2.24) is 4.57 Å². The van der Waals surface area contributed by atoms with Crippen molar-refractivity contribution >= 4 is 68.8 Å². The van der Waals surface area contributed by atoms with Crippen molar-refractivity contribution in [3.05, 3.63) is 218 Å². The van der Waals surface area contributed by atoms with Crippen molar-refractivity contribution in [2.24, 2.45) is 0 Å². The topological polar surface area (TPSA) is 34.4 Å². The molecule has 0 bridgehead atoms. The zero-order valence-corrected chi connectivity index (χ0v) is 31.8. The van der Waals surface area contributed by atoms with Gasteiger partial charge in [-0.05, 0) is 84.6 Å². The molecule has 59 heavy (non-hydrogen) atoms. The largest absolute Gasteiger partial charge is 0.507 e. The zero-order valence-electron chi connectivity index (χ0n) is 47.8. The Morgan fingerprint density at radius 1 is 0.525 bits per heavy atom. The SMILES string of the molecule is [2H]c1c([2H])c([2H])c(-c2c([2H])c(-c3ccccc3[Si](c3ccccc3)(c3ccccc3)c3ccccc3)c([2H])c3c2[B]c2c([2H])c([2H])c([2H])c(-n4c5c([2H])c([2H])c([2H])c([2H])c5c5c([2H])c([2H])c([2H])c([2H])c54)c2O3)c(O)c1[2H]. The van der Waals surface area contributed by atoms with Crippen LogP contribution in [0.4, 0.5) is 0 Å². The maximum atomic E-state index is 11.9. The van der Waals surface area contributed by atoms with E-state index in [0.29, 0.717) is 10.8 Å². The summed E-state index contributed by atoms with van der Waals surface area (Å²) in [6.45, 7) is 0. The van der Waals surface area contributed by atoms with E-state index in [4.69, 9.17) is 17.1 Å². The summed E-state index contributed by atoms with van der Waals surface area (Å²) in [6.07, 6.45) is 0. The van der Waals surface area contributed by atoms with Gasteiger partial charge in [-0.1, -0.05) is 182 Å². The highest BCUT2D eigenvalue weighted by atomic mass is 28.3. The Kier molecular flexibility index (Phi) is 5.17. The number of fused-ring (bicyclic) bond motifs is 5. The van der Waals surface area contributed by atoms with Crippen LogP contribution in [-0.2, 0) is 0 Å². The van der Waals surface area contributed by atoms with Crippen molar-refractivity contribution in [2.45, 2.75) is 0 Å². The van der Waals surface area contributed by atoms with Gasteiger partial charge < -0.3 is 14.4 Å². The molecule has 1 aliphatic rings. The van der Waals surface area contributed by atoms with Crippen LogP contribution in [0.15, 0.2) is 218 Å². The number of aromatic nitrogens is 1. The first kappa shape index (κ1) is 21.4. The molecule has 1 aliphatic heterocycles. The van der Waals surface area contributed by atoms with Gasteiger partial charge in [0.2, 0.25) is 7.28 Å². The molecule has 0 fully saturated rings. The molecule has 1 aromatic heterocycles. The Morgan fingerprint density at radius 2 is 1.08 bits per heavy atom. The molecule has 0 amide bonds. The second-order valence-electron chi connectivity index (χ2n) is 13.9. The van der Waals surface area contributed by atoms with Gasteiger partial charge in [0.1, 0.15) is 17.2 Å². The third-order valence-electron chi connectivity index (χ3n) is 10.7. The molecule has 0 spiro atoms. The zero-order chi connectivity index (χ0) is 54.1. The lowest BCUT2D eigenvalue weighted by Crippen LogP contribution is -2.75. The summed E-state index contributed by atoms with van der Waals surface area (Å²) < 4.78 is 163. The number of hydrogen-bond donors (Lipinski definition) is 1. The summed E-state index contributed by atoms with van der Waals surface area (Å²) >= 11 is 0. The molecule has 0 saturated carbocycles. The van der Waals surface area contributed by atoms with E-state index in [9.17, 15) is 16.1 Å². The minimum atomic E-state index is -3.55. The van der Waals surface area contributed by atoms with Crippen LogP contribution < -0.4 is 36.4 Å². The number of aromatic hydroxyl groups is 1. The van der Waals surface area contributed by atoms with Crippen LogP contribution in [0.1, 0.15) is 23.3 Å². The highest BCUT2D eigenvalue weighted by molar-refractivity contribution is 7.20. The van der Waals surface area contributed by atoms with Gasteiger partial charge in [-0.15, -0.1) is 0 Å². The minimum absolute atomic E-state index is 0.122. The Balaban J connectivity index is 1.31. The summed E-state index contributed by atoms with van der Waals surface area (Å²) in [7, 11) is -2.32. The van der Waals surface area contributed by atoms with E-state index in [0.717, 1.165) is 20.1 Å². The quantitative estimate of drug-likeness (QED) is 0.129. The van der Waals surface area contributed by atoms with Crippen LogP contribution in [0, 0.1) is 0 Å². The molecule has 0 saturated heterocycles. The van der Waals surface area contributed by atoms with E-state index in [-0.39, 0.29) is 32.8 Å². The van der Waals surface area contributed by atoms with Crippen LogP contribution in [-0.4, -0.2) is 25.0 Å². The molecular formula is C54H37BNO2Si. The van der Waals surface area contributed by atoms with Crippen molar-refractivity contribution in [2.75, 3.05) is 0 Å². The third kappa shape index (κ3) is 5.58. The Hall–Kier alpha value is -7.34. The first-order valence-corrected chi connectivity index (χ1v) is 20.7. The highest BCUT2D eigenvalue weighted by Crippen LogP contribution is 2.40. The average Bonchev–Trinajstić information content (AvgIpc) is 3.82. The van der Waals surface area contributed by atoms with E-state index in [1.54, 1.807) is 12.1 Å². The fraction of sp³-hybridized carbons (Fsp3) is 0. The molecule has 11 rings (SSSR count). The Bertz CT molecular complexity index is 3960. The van der Waals surface area contributed by atoms with Crippen LogP contribution in [0.2, 0.25) is 0 Å². The Morgan fingerprint density at radius 3 is 1.73 bits per heavy atom. The summed E-state index contributed by atoms with van der Waals surface area (Å²) in [4.78, 5) is 0. The number of phenolic OH excluding ortho intramolecular Hbond substituents is 1. The third-order valence-corrected chi connectivity index (χ3v) is 15.6. The minimum Gasteiger partial charge on any atom is -0.507 e. The van der Waals surface area contributed by atoms with Gasteiger partial charge >= 0.3 is 0 Å². The van der Waals surface area contributed by atoms with Gasteiger partial charge in [0.05, 0.1) is 40.0 Å². The molecule has 277 valence electrons. The number of nitrogens with zero attached hydrogens (tertiary/aromatic N) is 1. The molecule has 0 aliphatic carbocycles. The van der Waals surface area contributed by atoms with Crippen LogP contribution in [0.5, 0.6) is 17.2 Å². The molecule has 9 aromatic carbocycles. The van der Waals surface area contributed by atoms with Gasteiger partial charge in [-0.25, -0.2) is 0 Å². The molecule has 2 heterocycles. The monoisotopic (exact) mass is 787 g/mol. The Labute approximate surface area is 369 Å². The second-order valence-corrected chi connectivity index (χ2v) is 17.6. The van der Waals surface area contributed by atoms with Crippen molar-refractivity contribution < 1.29 is 33.1 Å². The van der Waals surface area contributed by atoms with E-state index in [1.807, 2.05) is 103 Å². The van der Waals surface area contributed by atoms with Crippen LogP contribution in [0.3, 0.4) is 0 Å². The first-order chi connectivity index (χ1) is 36.3. The predicted molar refractivity (Wildman–Crippen MR) is 248 cm³/mol. The molecule has 1 N–H and O–H groups in total. The summed E-state index contributed by atoms with van der Waals surface area (Å²) in [5, 5.41) is 14.7. The van der Waals surface area contributed by atoms with E-state index in [2.05, 4.69) is 0 Å². The van der Waals surface area contributed by atoms with Crippen molar-refractivity contribution in [3.63, 3.8) is 0 Å². The van der Waals surface area contributed by atoms with Crippen molar-refractivity contribution in [1.29, 1.82) is 0 Å². The summed E-state index contributed by atoms with van der Waals surface area (Å²) in [5.41, 5.74) is -2.54. The number of phenols is 1. The number of hydrogen-bond acceptors (Lipinski definition) is 2. The van der Waals surface area contributed by atoms with E-state index < -0.39 is 150 Å². The maximum absolute atomic E-state index is 11.9. The van der Waals surface area contributed by atoms with E-state index >= 15 is 0 Å². The second kappa shape index (κ2) is 14.2. The number of para-hydroxylation sites is 4. The molecule has 1 radical (unpaired) electrons. The molecule has 0 atom stereocenters. The lowest BCUT2D eigenvalue weighted by atomic mass is 9.59. The summed E-state index contributed by atoms with van der Waals surface area (Å²) in [5.74, 6) is -1.82. The predicted octanol–water partition coefficient (Wildman–Crippen LogP) is 8.96. The van der Waals surface area contributed by atoms with E-state index in [1.165, 1.54) is 7.28 Å². The lowest BCUT2D eigenvalue weighted by molar-refractivity contribution is 0.477. The molecule has 10 aromatic rings. The maximum Gasteiger partial charge on any atom is 0.202 e. The average molecular weight is 788 g/mol. The van der Waals surface area contributed by atoms with Gasteiger partial charge in [0.15, 0.2) is 8.07 Å². The fourth-order valence-corrected chi connectivity index (χ4v) is 13.2. The first-order valence-electron chi connectivity index (χ1n) is 27.2. The molecule has 3 nitrogen and oxygen atoms in total. The molecular weight excluding hydrogens is 733 g/mol. The van der Waals surface area contributed by atoms with Crippen LogP contribution in [0.25, 0.3) is 49.7 Å². The standard InChI is InChI=1S/C54H37BNO2Si/c57-50-33-16-12-28-44(50)45-35-37(41-25-13-17-34-52(41)59(38-19-4-1-5-20-38,39-21-6-2-7-22-39)40-23-8-3-9-24-40)36-51-53(45)55-46-29-18-32-49(54(46)58-51)56-47-30-14-10-26-42(47)43-27-11-15-31-48(43)56/h1-36,57H/i10D,11D,12D,14D,15D,16D,18D,26D,27D,28D,29D,30D,31D,32D,33D,35D,36D. The van der Waals surface area contributed by atoms with Gasteiger partial charge in [0.25, 0.3) is 0 Å². The van der Waals surface area contributed by atoms with Gasteiger partial charge in [0, 0.05) is 16.3 Å². The summed E-state index contributed by atoms with van der Waals surface area (Å²) in [6, 6.07) is 24.6. The fourth-order valence-electron chi connectivity index (χ4n) is 8.27. The van der Waals surface area contributed by atoms with Gasteiger partial charge in [-0.2, -0.15) is 0 Å². The van der Waals surface area contributed by atoms with Gasteiger partial charge in [-0.3, -0.25) is 0 Å². The number of ether oxygens (including phenoxy) is 1. The lowest BCUT2D eigenvalue weighted by Gasteiger charge is -2.36. The molecule has 5 heteroatoms. The smallest absolute Gasteiger partial charge is 0.202 e. The van der Waals surface area contributed by atoms with Crippen LogP contribution >= 0.6 is 0 Å². The molecule has 0 unspecified atom stereocenters. The number of benzene rings is 9. The normalized spacial score (nSPS) is 16.1. The number of rotatable bonds is 7.